The maximum absolute atomic E-state index is 11.9. The van der Waals surface area contributed by atoms with Crippen molar-refractivity contribution < 1.29 is 14.3 Å². The molecule has 1 amide bonds. The molecule has 1 aliphatic rings. The Hall–Kier alpha value is -2.15. The molecule has 2 aromatic heterocycles. The fourth-order valence-electron chi connectivity index (χ4n) is 1.55. The molecular weight excluding hydrogens is 254 g/mol. The van der Waals surface area contributed by atoms with E-state index in [9.17, 15) is 4.79 Å². The lowest BCUT2D eigenvalue weighted by atomic mass is 10.3. The first-order valence-corrected chi connectivity index (χ1v) is 6.17. The summed E-state index contributed by atoms with van der Waals surface area (Å²) in [6.45, 7) is 0.829. The molecular formula is C11H9N3O3S. The topological polar surface area (TPSA) is 73.3 Å². The van der Waals surface area contributed by atoms with E-state index in [0.29, 0.717) is 19.0 Å². The smallest absolute Gasteiger partial charge is 0.295 e. The highest BCUT2D eigenvalue weighted by Crippen LogP contribution is 2.24. The molecule has 0 aliphatic carbocycles. The molecule has 0 saturated heterocycles. The van der Waals surface area contributed by atoms with Gasteiger partial charge in [0.2, 0.25) is 5.76 Å². The second-order valence-electron chi connectivity index (χ2n) is 3.52. The van der Waals surface area contributed by atoms with Gasteiger partial charge in [-0.05, 0) is 11.4 Å². The van der Waals surface area contributed by atoms with Crippen molar-refractivity contribution in [1.29, 1.82) is 0 Å². The lowest BCUT2D eigenvalue weighted by Crippen LogP contribution is -2.21. The zero-order chi connectivity index (χ0) is 12.4. The summed E-state index contributed by atoms with van der Waals surface area (Å²) in [5, 5.41) is 5.39. The van der Waals surface area contributed by atoms with Crippen LogP contribution in [0.4, 0.5) is 5.82 Å². The van der Waals surface area contributed by atoms with Gasteiger partial charge in [0.1, 0.15) is 36.5 Å². The van der Waals surface area contributed by atoms with Gasteiger partial charge in [-0.2, -0.15) is 0 Å². The summed E-state index contributed by atoms with van der Waals surface area (Å²) >= 11 is 1.49. The highest BCUT2D eigenvalue weighted by molar-refractivity contribution is 7.16. The largest absolute Gasteiger partial charge is 0.494 e. The van der Waals surface area contributed by atoms with Crippen molar-refractivity contribution in [2.75, 3.05) is 18.5 Å². The summed E-state index contributed by atoms with van der Waals surface area (Å²) in [6.07, 6.45) is 2.73. The summed E-state index contributed by atoms with van der Waals surface area (Å²) < 4.78 is 10.2. The quantitative estimate of drug-likeness (QED) is 0.889. The van der Waals surface area contributed by atoms with E-state index in [1.54, 1.807) is 0 Å². The Morgan fingerprint density at radius 1 is 1.39 bits per heavy atom. The van der Waals surface area contributed by atoms with Crippen LogP contribution in [0.15, 0.2) is 29.8 Å². The Morgan fingerprint density at radius 3 is 3.17 bits per heavy atom. The molecule has 3 rings (SSSR count). The highest BCUT2D eigenvalue weighted by atomic mass is 32.1. The van der Waals surface area contributed by atoms with Gasteiger partial charge in [-0.3, -0.25) is 4.79 Å². The van der Waals surface area contributed by atoms with Gasteiger partial charge in [0.25, 0.3) is 5.91 Å². The molecule has 2 aromatic rings. The van der Waals surface area contributed by atoms with Crippen LogP contribution in [0.5, 0.6) is 0 Å². The van der Waals surface area contributed by atoms with Crippen LogP contribution in [0.1, 0.15) is 0 Å². The van der Waals surface area contributed by atoms with Gasteiger partial charge < -0.3 is 14.8 Å². The average Bonchev–Trinajstić information content (AvgIpc) is 2.89. The Kier molecular flexibility index (Phi) is 2.81. The van der Waals surface area contributed by atoms with Gasteiger partial charge >= 0.3 is 0 Å². The average molecular weight is 263 g/mol. The molecule has 7 heteroatoms. The third kappa shape index (κ3) is 2.00. The molecule has 0 radical (unpaired) electrons. The zero-order valence-electron chi connectivity index (χ0n) is 9.25. The van der Waals surface area contributed by atoms with E-state index >= 15 is 0 Å². The maximum atomic E-state index is 11.9. The summed E-state index contributed by atoms with van der Waals surface area (Å²) in [5.74, 6) is 0.255. The fraction of sp³-hybridized carbons (Fsp3) is 0.182. The number of nitrogens with one attached hydrogen (secondary N) is 1. The molecule has 0 bridgehead atoms. The molecule has 0 spiro atoms. The highest BCUT2D eigenvalue weighted by Gasteiger charge is 2.17. The molecule has 6 nitrogen and oxygen atoms in total. The van der Waals surface area contributed by atoms with Gasteiger partial charge in [0.05, 0.1) is 5.39 Å². The van der Waals surface area contributed by atoms with E-state index in [2.05, 4.69) is 15.3 Å². The number of ether oxygens (including phenoxy) is 2. The van der Waals surface area contributed by atoms with Crippen LogP contribution in [0, 0.1) is 0 Å². The van der Waals surface area contributed by atoms with Crippen LogP contribution in [0.3, 0.4) is 0 Å². The molecule has 92 valence electrons. The molecule has 0 fully saturated rings. The zero-order valence-corrected chi connectivity index (χ0v) is 10.1. The first kappa shape index (κ1) is 11.0. The van der Waals surface area contributed by atoms with Crippen molar-refractivity contribution >= 4 is 33.3 Å². The van der Waals surface area contributed by atoms with E-state index in [1.807, 2.05) is 11.4 Å². The Bertz CT molecular complexity index is 623. The normalized spacial score (nSPS) is 14.6. The number of carbonyl (C=O) groups excluding carboxylic acids is 1. The Labute approximate surface area is 106 Å². The Morgan fingerprint density at radius 2 is 2.33 bits per heavy atom. The van der Waals surface area contributed by atoms with Crippen LogP contribution in [-0.4, -0.2) is 29.1 Å². The lowest BCUT2D eigenvalue weighted by molar-refractivity contribution is -0.117. The summed E-state index contributed by atoms with van der Waals surface area (Å²) in [6, 6.07) is 1.86. The van der Waals surface area contributed by atoms with E-state index in [1.165, 1.54) is 23.9 Å². The molecule has 0 aromatic carbocycles. The first-order chi connectivity index (χ1) is 8.84. The van der Waals surface area contributed by atoms with E-state index < -0.39 is 0 Å². The molecule has 18 heavy (non-hydrogen) atoms. The standard InChI is InChI=1S/C11H9N3O3S/c15-10(8-5-16-2-3-17-8)14-9-7-1-4-18-11(7)13-6-12-9/h1,4-6H,2-3H2,(H,12,13,14,15). The fourth-order valence-corrected chi connectivity index (χ4v) is 2.28. The maximum Gasteiger partial charge on any atom is 0.295 e. The number of hydrogen-bond acceptors (Lipinski definition) is 6. The van der Waals surface area contributed by atoms with Crippen LogP contribution in [0.25, 0.3) is 10.2 Å². The van der Waals surface area contributed by atoms with Gasteiger partial charge in [-0.15, -0.1) is 11.3 Å². The van der Waals surface area contributed by atoms with Crippen LogP contribution < -0.4 is 5.32 Å². The van der Waals surface area contributed by atoms with Crippen LogP contribution in [0.2, 0.25) is 0 Å². The third-order valence-corrected chi connectivity index (χ3v) is 3.19. The predicted octanol–water partition coefficient (Wildman–Crippen LogP) is 1.52. The second-order valence-corrected chi connectivity index (χ2v) is 4.41. The molecule has 1 aliphatic heterocycles. The second kappa shape index (κ2) is 4.61. The number of carbonyl (C=O) groups is 1. The molecule has 1 N–H and O–H groups in total. The van der Waals surface area contributed by atoms with Crippen molar-refractivity contribution in [3.8, 4) is 0 Å². The first-order valence-electron chi connectivity index (χ1n) is 5.29. The van der Waals surface area contributed by atoms with Crippen LogP contribution >= 0.6 is 11.3 Å². The number of anilines is 1. The molecule has 0 atom stereocenters. The van der Waals surface area contributed by atoms with Crippen molar-refractivity contribution in [2.45, 2.75) is 0 Å². The molecule has 0 saturated carbocycles. The van der Waals surface area contributed by atoms with Gasteiger partial charge in [0.15, 0.2) is 0 Å². The minimum absolute atomic E-state index is 0.156. The number of rotatable bonds is 2. The van der Waals surface area contributed by atoms with Gasteiger partial charge in [-0.1, -0.05) is 0 Å². The number of amides is 1. The summed E-state index contributed by atoms with van der Waals surface area (Å²) in [4.78, 5) is 20.9. The van der Waals surface area contributed by atoms with Crippen molar-refractivity contribution in [2.24, 2.45) is 0 Å². The van der Waals surface area contributed by atoms with Gasteiger partial charge in [-0.25, -0.2) is 9.97 Å². The number of fused-ring (bicyclic) bond motifs is 1. The van der Waals surface area contributed by atoms with Crippen molar-refractivity contribution in [3.63, 3.8) is 0 Å². The van der Waals surface area contributed by atoms with E-state index in [4.69, 9.17) is 9.47 Å². The third-order valence-electron chi connectivity index (χ3n) is 2.37. The summed E-state index contributed by atoms with van der Waals surface area (Å²) in [5.41, 5.74) is 0. The molecule has 0 unspecified atom stereocenters. The number of hydrogen-bond donors (Lipinski definition) is 1. The van der Waals surface area contributed by atoms with E-state index in [-0.39, 0.29) is 11.7 Å². The van der Waals surface area contributed by atoms with Crippen LogP contribution in [-0.2, 0) is 14.3 Å². The van der Waals surface area contributed by atoms with Gasteiger partial charge in [0, 0.05) is 0 Å². The minimum Gasteiger partial charge on any atom is -0.494 e. The number of aromatic nitrogens is 2. The number of thiophene rings is 1. The SMILES string of the molecule is O=C(Nc1ncnc2sccc12)C1=COCCO1. The number of nitrogens with zero attached hydrogens (tertiary/aromatic N) is 2. The lowest BCUT2D eigenvalue weighted by Gasteiger charge is -2.14. The monoisotopic (exact) mass is 263 g/mol. The van der Waals surface area contributed by atoms with Crippen molar-refractivity contribution in [3.05, 3.63) is 29.8 Å². The summed E-state index contributed by atoms with van der Waals surface area (Å²) in [7, 11) is 0. The van der Waals surface area contributed by atoms with E-state index in [0.717, 1.165) is 10.2 Å². The predicted molar refractivity (Wildman–Crippen MR) is 66.0 cm³/mol. The Balaban J connectivity index is 1.86. The van der Waals surface area contributed by atoms with Crippen molar-refractivity contribution in [1.82, 2.24) is 9.97 Å². The molecule has 3 heterocycles. The minimum atomic E-state index is -0.374.